The number of hydrogen-bond acceptors (Lipinski definition) is 4. The second-order valence-electron chi connectivity index (χ2n) is 8.70. The number of carbonyl (C=O) groups excluding carboxylic acids is 3. The van der Waals surface area contributed by atoms with Gasteiger partial charge >= 0.3 is 0 Å². The molecule has 0 unspecified atom stereocenters. The van der Waals surface area contributed by atoms with E-state index in [-0.39, 0.29) is 29.8 Å². The van der Waals surface area contributed by atoms with Gasteiger partial charge in [0.1, 0.15) is 5.54 Å². The van der Waals surface area contributed by atoms with E-state index in [0.29, 0.717) is 29.1 Å². The van der Waals surface area contributed by atoms with Gasteiger partial charge in [-0.3, -0.25) is 24.6 Å². The minimum absolute atomic E-state index is 0.196. The fraction of sp³-hybridized carbons (Fsp3) is 0.375. The van der Waals surface area contributed by atoms with Crippen LogP contribution >= 0.6 is 11.6 Å². The SMILES string of the molecule is CC[C@H](C)N1C(=O)[C@H]2[C@@H](C1=O)[C@]1(N[C@@H]2Cc2ccccc2)C(=O)Nc2ccc(Cl)cc21. The molecule has 1 spiro atoms. The highest BCUT2D eigenvalue weighted by molar-refractivity contribution is 6.31. The number of hydrogen-bond donors (Lipinski definition) is 2. The van der Waals surface area contributed by atoms with Crippen LogP contribution in [-0.4, -0.2) is 34.7 Å². The van der Waals surface area contributed by atoms with E-state index < -0.39 is 17.4 Å². The maximum Gasteiger partial charge on any atom is 0.250 e. The summed E-state index contributed by atoms with van der Waals surface area (Å²) in [5.74, 6) is -2.20. The molecule has 2 saturated heterocycles. The molecule has 5 rings (SSSR count). The van der Waals surface area contributed by atoms with Gasteiger partial charge in [0.15, 0.2) is 0 Å². The molecule has 3 aliphatic rings. The van der Waals surface area contributed by atoms with E-state index in [2.05, 4.69) is 10.6 Å². The predicted molar refractivity (Wildman–Crippen MR) is 117 cm³/mol. The van der Waals surface area contributed by atoms with Crippen LogP contribution in [0, 0.1) is 11.8 Å². The summed E-state index contributed by atoms with van der Waals surface area (Å²) in [7, 11) is 0. The van der Waals surface area contributed by atoms with Crippen molar-refractivity contribution in [3.8, 4) is 0 Å². The van der Waals surface area contributed by atoms with Crippen molar-refractivity contribution in [1.82, 2.24) is 10.2 Å². The second kappa shape index (κ2) is 7.18. The zero-order valence-electron chi connectivity index (χ0n) is 17.4. The van der Waals surface area contributed by atoms with Crippen molar-refractivity contribution in [1.29, 1.82) is 0 Å². The van der Waals surface area contributed by atoms with Gasteiger partial charge < -0.3 is 5.32 Å². The van der Waals surface area contributed by atoms with Crippen LogP contribution < -0.4 is 10.6 Å². The highest BCUT2D eigenvalue weighted by Crippen LogP contribution is 2.54. The Bertz CT molecular complexity index is 1090. The van der Waals surface area contributed by atoms with E-state index in [0.717, 1.165) is 5.56 Å². The highest BCUT2D eigenvalue weighted by Gasteiger charge is 2.70. The standard InChI is InChI=1S/C24H24ClN3O3/c1-3-13(2)28-21(29)19-18(11-14-7-5-4-6-8-14)27-24(20(19)22(28)30)16-12-15(25)9-10-17(16)26-23(24)31/h4-10,12-13,18-20,27H,3,11H2,1-2H3,(H,26,31)/t13-,18+,19+,20-,24-/m0/s1. The number of imide groups is 1. The third-order valence-corrected chi connectivity index (χ3v) is 7.28. The summed E-state index contributed by atoms with van der Waals surface area (Å²) in [6, 6.07) is 14.4. The number of amides is 3. The number of halogens is 1. The number of carbonyl (C=O) groups is 3. The van der Waals surface area contributed by atoms with Crippen molar-refractivity contribution in [2.75, 3.05) is 5.32 Å². The van der Waals surface area contributed by atoms with Crippen LogP contribution in [0.1, 0.15) is 31.4 Å². The van der Waals surface area contributed by atoms with E-state index in [1.165, 1.54) is 4.90 Å². The molecule has 0 bridgehead atoms. The molecule has 31 heavy (non-hydrogen) atoms. The van der Waals surface area contributed by atoms with E-state index in [4.69, 9.17) is 11.6 Å². The van der Waals surface area contributed by atoms with Crippen LogP contribution in [0.3, 0.4) is 0 Å². The van der Waals surface area contributed by atoms with Gasteiger partial charge in [0, 0.05) is 28.4 Å². The molecule has 3 amide bonds. The molecule has 2 aromatic carbocycles. The molecule has 3 aliphatic heterocycles. The summed E-state index contributed by atoms with van der Waals surface area (Å²) in [5.41, 5.74) is 1.01. The summed E-state index contributed by atoms with van der Waals surface area (Å²) >= 11 is 6.28. The molecule has 3 heterocycles. The van der Waals surface area contributed by atoms with Crippen LogP contribution in [0.2, 0.25) is 5.02 Å². The summed E-state index contributed by atoms with van der Waals surface area (Å²) in [6.07, 6.45) is 1.20. The summed E-state index contributed by atoms with van der Waals surface area (Å²) < 4.78 is 0. The average molecular weight is 438 g/mol. The van der Waals surface area contributed by atoms with Gasteiger partial charge in [0.05, 0.1) is 11.8 Å². The molecule has 0 radical (unpaired) electrons. The highest BCUT2D eigenvalue weighted by atomic mass is 35.5. The monoisotopic (exact) mass is 437 g/mol. The first-order valence-electron chi connectivity index (χ1n) is 10.7. The van der Waals surface area contributed by atoms with Crippen molar-refractivity contribution in [3.05, 3.63) is 64.7 Å². The molecule has 2 fully saturated rings. The lowest BCUT2D eigenvalue weighted by Crippen LogP contribution is -2.54. The van der Waals surface area contributed by atoms with Gasteiger partial charge in [0.25, 0.3) is 0 Å². The van der Waals surface area contributed by atoms with Crippen LogP contribution in [-0.2, 0) is 26.3 Å². The van der Waals surface area contributed by atoms with Crippen LogP contribution in [0.25, 0.3) is 0 Å². The van der Waals surface area contributed by atoms with Gasteiger partial charge in [-0.1, -0.05) is 48.9 Å². The van der Waals surface area contributed by atoms with Gasteiger partial charge in [-0.2, -0.15) is 0 Å². The number of likely N-dealkylation sites (tertiary alicyclic amines) is 1. The maximum absolute atomic E-state index is 13.6. The largest absolute Gasteiger partial charge is 0.324 e. The Hall–Kier alpha value is -2.70. The quantitative estimate of drug-likeness (QED) is 0.720. The molecule has 5 atom stereocenters. The van der Waals surface area contributed by atoms with E-state index >= 15 is 0 Å². The summed E-state index contributed by atoms with van der Waals surface area (Å²) in [6.45, 7) is 3.83. The van der Waals surface area contributed by atoms with Gasteiger partial charge in [-0.05, 0) is 43.5 Å². The van der Waals surface area contributed by atoms with Crippen LogP contribution in [0.5, 0.6) is 0 Å². The number of nitrogens with one attached hydrogen (secondary N) is 2. The Morgan fingerprint density at radius 2 is 1.84 bits per heavy atom. The Balaban J connectivity index is 1.66. The molecule has 2 aromatic rings. The Labute approximate surface area is 185 Å². The average Bonchev–Trinajstić information content (AvgIpc) is 3.33. The lowest BCUT2D eigenvalue weighted by atomic mass is 9.76. The van der Waals surface area contributed by atoms with Gasteiger partial charge in [-0.25, -0.2) is 0 Å². The Kier molecular flexibility index (Phi) is 4.68. The van der Waals surface area contributed by atoms with Gasteiger partial charge in [-0.15, -0.1) is 0 Å². The number of nitrogens with zero attached hydrogens (tertiary/aromatic N) is 1. The van der Waals surface area contributed by atoms with E-state index in [1.807, 2.05) is 44.2 Å². The number of benzene rings is 2. The minimum atomic E-state index is -1.31. The molecule has 6 nitrogen and oxygen atoms in total. The maximum atomic E-state index is 13.6. The zero-order chi connectivity index (χ0) is 21.9. The number of rotatable bonds is 4. The molecule has 0 saturated carbocycles. The van der Waals surface area contributed by atoms with Crippen molar-refractivity contribution in [3.63, 3.8) is 0 Å². The smallest absolute Gasteiger partial charge is 0.250 e. The first kappa shape index (κ1) is 20.2. The predicted octanol–water partition coefficient (Wildman–Crippen LogP) is 3.10. The van der Waals surface area contributed by atoms with Crippen molar-refractivity contribution < 1.29 is 14.4 Å². The van der Waals surface area contributed by atoms with Crippen LogP contribution in [0.4, 0.5) is 5.69 Å². The minimum Gasteiger partial charge on any atom is -0.324 e. The third-order valence-electron chi connectivity index (χ3n) is 7.04. The van der Waals surface area contributed by atoms with Crippen molar-refractivity contribution >= 4 is 35.0 Å². The van der Waals surface area contributed by atoms with Gasteiger partial charge in [0.2, 0.25) is 17.7 Å². The fourth-order valence-corrected chi connectivity index (χ4v) is 5.63. The van der Waals surface area contributed by atoms with E-state index in [9.17, 15) is 14.4 Å². The third kappa shape index (κ3) is 2.78. The second-order valence-corrected chi connectivity index (χ2v) is 9.14. The number of anilines is 1. The lowest BCUT2D eigenvalue weighted by Gasteiger charge is -2.31. The number of fused-ring (bicyclic) bond motifs is 4. The lowest BCUT2D eigenvalue weighted by molar-refractivity contribution is -0.145. The zero-order valence-corrected chi connectivity index (χ0v) is 18.1. The van der Waals surface area contributed by atoms with Crippen LogP contribution in [0.15, 0.2) is 48.5 Å². The molecule has 0 aromatic heterocycles. The molecule has 7 heteroatoms. The molecule has 0 aliphatic carbocycles. The van der Waals surface area contributed by atoms with Crippen molar-refractivity contribution in [2.24, 2.45) is 11.8 Å². The molecular weight excluding hydrogens is 414 g/mol. The molecule has 2 N–H and O–H groups in total. The Morgan fingerprint density at radius 3 is 2.55 bits per heavy atom. The van der Waals surface area contributed by atoms with Crippen molar-refractivity contribution in [2.45, 2.75) is 44.3 Å². The van der Waals surface area contributed by atoms with E-state index in [1.54, 1.807) is 18.2 Å². The normalized spacial score (nSPS) is 30.0. The Morgan fingerprint density at radius 1 is 1.10 bits per heavy atom. The summed E-state index contributed by atoms with van der Waals surface area (Å²) in [5, 5.41) is 6.84. The molecular formula is C24H24ClN3O3. The first-order chi connectivity index (χ1) is 14.9. The molecule has 160 valence electrons. The topological polar surface area (TPSA) is 78.5 Å². The summed E-state index contributed by atoms with van der Waals surface area (Å²) in [4.78, 5) is 42.0. The fourth-order valence-electron chi connectivity index (χ4n) is 5.46. The first-order valence-corrected chi connectivity index (χ1v) is 11.1.